The summed E-state index contributed by atoms with van der Waals surface area (Å²) in [4.78, 5) is 11.8. The normalized spacial score (nSPS) is 26.5. The summed E-state index contributed by atoms with van der Waals surface area (Å²) in [5, 5.41) is 12.7. The molecule has 3 unspecified atom stereocenters. The van der Waals surface area contributed by atoms with E-state index >= 15 is 0 Å². The maximum absolute atomic E-state index is 11.8. The molecule has 0 aromatic rings. The monoisotopic (exact) mass is 242 g/mol. The Morgan fingerprint density at radius 3 is 2.82 bits per heavy atom. The van der Waals surface area contributed by atoms with Gasteiger partial charge < -0.3 is 16.2 Å². The Morgan fingerprint density at radius 2 is 2.18 bits per heavy atom. The largest absolute Gasteiger partial charge is 0.393 e. The van der Waals surface area contributed by atoms with Crippen LogP contribution in [0.5, 0.6) is 0 Å². The molecule has 1 aliphatic carbocycles. The van der Waals surface area contributed by atoms with Crippen LogP contribution in [0.3, 0.4) is 0 Å². The quantitative estimate of drug-likeness (QED) is 0.651. The summed E-state index contributed by atoms with van der Waals surface area (Å²) >= 11 is 0. The van der Waals surface area contributed by atoms with E-state index in [1.165, 1.54) is 6.42 Å². The molecule has 1 rings (SSSR count). The van der Waals surface area contributed by atoms with Crippen LogP contribution >= 0.6 is 0 Å². The summed E-state index contributed by atoms with van der Waals surface area (Å²) in [5.41, 5.74) is 5.42. The molecule has 3 atom stereocenters. The van der Waals surface area contributed by atoms with Gasteiger partial charge in [0.1, 0.15) is 0 Å². The zero-order valence-electron chi connectivity index (χ0n) is 10.8. The summed E-state index contributed by atoms with van der Waals surface area (Å²) in [6.07, 6.45) is 5.68. The van der Waals surface area contributed by atoms with E-state index in [2.05, 4.69) is 5.32 Å². The van der Waals surface area contributed by atoms with Gasteiger partial charge in [-0.25, -0.2) is 0 Å². The lowest BCUT2D eigenvalue weighted by Gasteiger charge is -2.28. The van der Waals surface area contributed by atoms with E-state index < -0.39 is 0 Å². The van der Waals surface area contributed by atoms with Crippen LogP contribution in [-0.4, -0.2) is 30.2 Å². The first-order valence-electron chi connectivity index (χ1n) is 6.81. The van der Waals surface area contributed by atoms with E-state index in [0.29, 0.717) is 13.1 Å². The Hall–Kier alpha value is -0.610. The van der Waals surface area contributed by atoms with Crippen molar-refractivity contribution in [2.24, 2.45) is 17.6 Å². The van der Waals surface area contributed by atoms with Crippen molar-refractivity contribution in [3.63, 3.8) is 0 Å². The maximum Gasteiger partial charge on any atom is 0.222 e. The minimum absolute atomic E-state index is 0.0271. The van der Waals surface area contributed by atoms with Crippen LogP contribution in [0.2, 0.25) is 0 Å². The Labute approximate surface area is 104 Å². The SMILES string of the molecule is CC(CCCN)C(=O)NCC1CCCCC1O. The van der Waals surface area contributed by atoms with Gasteiger partial charge in [0.2, 0.25) is 5.91 Å². The first-order chi connectivity index (χ1) is 8.15. The second kappa shape index (κ2) is 7.67. The van der Waals surface area contributed by atoms with Crippen LogP contribution < -0.4 is 11.1 Å². The fraction of sp³-hybridized carbons (Fsp3) is 0.923. The molecule has 1 amide bonds. The van der Waals surface area contributed by atoms with Crippen molar-refractivity contribution in [1.82, 2.24) is 5.32 Å². The summed E-state index contributed by atoms with van der Waals surface area (Å²) in [5.74, 6) is 0.366. The highest BCUT2D eigenvalue weighted by atomic mass is 16.3. The van der Waals surface area contributed by atoms with Crippen LogP contribution in [0, 0.1) is 11.8 Å². The van der Waals surface area contributed by atoms with E-state index in [9.17, 15) is 9.90 Å². The van der Waals surface area contributed by atoms with Crippen molar-refractivity contribution >= 4 is 5.91 Å². The topological polar surface area (TPSA) is 75.4 Å². The van der Waals surface area contributed by atoms with Crippen molar-refractivity contribution in [2.75, 3.05) is 13.1 Å². The molecule has 0 bridgehead atoms. The van der Waals surface area contributed by atoms with Gasteiger partial charge >= 0.3 is 0 Å². The molecule has 1 aliphatic rings. The smallest absolute Gasteiger partial charge is 0.222 e. The van der Waals surface area contributed by atoms with Crippen molar-refractivity contribution in [3.05, 3.63) is 0 Å². The molecule has 0 heterocycles. The fourth-order valence-electron chi connectivity index (χ4n) is 2.39. The van der Waals surface area contributed by atoms with Crippen molar-refractivity contribution in [2.45, 2.75) is 51.6 Å². The third-order valence-corrected chi connectivity index (χ3v) is 3.70. The number of aliphatic hydroxyl groups excluding tert-OH is 1. The number of hydrogen-bond acceptors (Lipinski definition) is 3. The molecule has 4 N–H and O–H groups in total. The highest BCUT2D eigenvalue weighted by Crippen LogP contribution is 2.23. The lowest BCUT2D eigenvalue weighted by molar-refractivity contribution is -0.125. The number of amides is 1. The summed E-state index contributed by atoms with van der Waals surface area (Å²) in [6.45, 7) is 3.19. The van der Waals surface area contributed by atoms with E-state index in [0.717, 1.165) is 32.1 Å². The van der Waals surface area contributed by atoms with E-state index in [1.54, 1.807) is 0 Å². The van der Waals surface area contributed by atoms with Crippen molar-refractivity contribution < 1.29 is 9.90 Å². The van der Waals surface area contributed by atoms with Gasteiger partial charge in [0.15, 0.2) is 0 Å². The molecular weight excluding hydrogens is 216 g/mol. The van der Waals surface area contributed by atoms with Gasteiger partial charge in [0.05, 0.1) is 6.10 Å². The molecule has 1 saturated carbocycles. The number of aliphatic hydroxyl groups is 1. The van der Waals surface area contributed by atoms with Gasteiger partial charge in [-0.15, -0.1) is 0 Å². The predicted octanol–water partition coefficient (Wildman–Crippen LogP) is 1.03. The Morgan fingerprint density at radius 1 is 1.47 bits per heavy atom. The molecule has 0 aromatic heterocycles. The van der Waals surface area contributed by atoms with Crippen molar-refractivity contribution in [1.29, 1.82) is 0 Å². The van der Waals surface area contributed by atoms with Gasteiger partial charge in [-0.3, -0.25) is 4.79 Å². The second-order valence-corrected chi connectivity index (χ2v) is 5.19. The molecule has 0 saturated heterocycles. The molecule has 1 fully saturated rings. The summed E-state index contributed by atoms with van der Waals surface area (Å²) < 4.78 is 0. The molecule has 0 spiro atoms. The Balaban J connectivity index is 2.22. The fourth-order valence-corrected chi connectivity index (χ4v) is 2.39. The lowest BCUT2D eigenvalue weighted by atomic mass is 9.86. The Kier molecular flexibility index (Phi) is 6.52. The Bertz CT molecular complexity index is 233. The lowest BCUT2D eigenvalue weighted by Crippen LogP contribution is -2.38. The molecule has 4 nitrogen and oxygen atoms in total. The molecule has 0 aliphatic heterocycles. The number of nitrogens with two attached hydrogens (primary N) is 1. The van der Waals surface area contributed by atoms with Gasteiger partial charge in [-0.1, -0.05) is 19.8 Å². The molecule has 0 aromatic carbocycles. The molecule has 17 heavy (non-hydrogen) atoms. The summed E-state index contributed by atoms with van der Waals surface area (Å²) in [6, 6.07) is 0. The van der Waals surface area contributed by atoms with E-state index in [-0.39, 0.29) is 23.8 Å². The van der Waals surface area contributed by atoms with Crippen LogP contribution in [-0.2, 0) is 4.79 Å². The number of rotatable bonds is 6. The number of nitrogens with one attached hydrogen (secondary N) is 1. The average molecular weight is 242 g/mol. The van der Waals surface area contributed by atoms with Crippen LogP contribution in [0.4, 0.5) is 0 Å². The van der Waals surface area contributed by atoms with Gasteiger partial charge in [-0.05, 0) is 32.2 Å². The molecule has 4 heteroatoms. The average Bonchev–Trinajstić information content (AvgIpc) is 2.34. The molecule has 0 radical (unpaired) electrons. The zero-order chi connectivity index (χ0) is 12.7. The first kappa shape index (κ1) is 14.5. The number of carbonyl (C=O) groups excluding carboxylic acids is 1. The minimum Gasteiger partial charge on any atom is -0.393 e. The minimum atomic E-state index is -0.233. The van der Waals surface area contributed by atoms with Crippen LogP contribution in [0.1, 0.15) is 45.4 Å². The third kappa shape index (κ3) is 5.04. The number of hydrogen-bond donors (Lipinski definition) is 3. The third-order valence-electron chi connectivity index (χ3n) is 3.70. The molecule has 100 valence electrons. The maximum atomic E-state index is 11.8. The highest BCUT2D eigenvalue weighted by molar-refractivity contribution is 5.78. The zero-order valence-corrected chi connectivity index (χ0v) is 10.8. The van der Waals surface area contributed by atoms with Gasteiger partial charge in [0, 0.05) is 18.4 Å². The van der Waals surface area contributed by atoms with Crippen LogP contribution in [0.25, 0.3) is 0 Å². The first-order valence-corrected chi connectivity index (χ1v) is 6.81. The second-order valence-electron chi connectivity index (χ2n) is 5.19. The van der Waals surface area contributed by atoms with Crippen molar-refractivity contribution in [3.8, 4) is 0 Å². The van der Waals surface area contributed by atoms with E-state index in [4.69, 9.17) is 5.73 Å². The van der Waals surface area contributed by atoms with E-state index in [1.807, 2.05) is 6.92 Å². The predicted molar refractivity (Wildman–Crippen MR) is 68.4 cm³/mol. The summed E-state index contributed by atoms with van der Waals surface area (Å²) in [7, 11) is 0. The van der Waals surface area contributed by atoms with Gasteiger partial charge in [0.25, 0.3) is 0 Å². The van der Waals surface area contributed by atoms with Gasteiger partial charge in [-0.2, -0.15) is 0 Å². The standard InChI is InChI=1S/C13H26N2O2/c1-10(5-4-8-14)13(17)15-9-11-6-2-3-7-12(11)16/h10-12,16H,2-9,14H2,1H3,(H,15,17). The highest BCUT2D eigenvalue weighted by Gasteiger charge is 2.23. The molecular formula is C13H26N2O2. The number of carbonyl (C=O) groups is 1. The van der Waals surface area contributed by atoms with Crippen LogP contribution in [0.15, 0.2) is 0 Å².